The lowest BCUT2D eigenvalue weighted by Gasteiger charge is -2.10. The number of nitriles is 1. The van der Waals surface area contributed by atoms with Crippen molar-refractivity contribution in [2.45, 2.75) is 13.8 Å². The minimum Gasteiger partial charge on any atom is -0.315 e. The molecule has 3 nitrogen and oxygen atoms in total. The lowest BCUT2D eigenvalue weighted by atomic mass is 10.0. The lowest BCUT2D eigenvalue weighted by molar-refractivity contribution is 0.103. The third-order valence-corrected chi connectivity index (χ3v) is 4.78. The third-order valence-electron chi connectivity index (χ3n) is 3.96. The van der Waals surface area contributed by atoms with Crippen molar-refractivity contribution in [1.29, 1.82) is 5.26 Å². The number of carbonyl (C=O) groups excluding carboxylic acids is 1. The van der Waals surface area contributed by atoms with Gasteiger partial charge in [-0.3, -0.25) is 4.79 Å². The molecule has 2 heterocycles. The van der Waals surface area contributed by atoms with Crippen LogP contribution in [0.4, 0.5) is 4.39 Å². The Morgan fingerprint density at radius 2 is 2.00 bits per heavy atom. The Kier molecular flexibility index (Phi) is 4.64. The van der Waals surface area contributed by atoms with Crippen LogP contribution in [0.5, 0.6) is 0 Å². The summed E-state index contributed by atoms with van der Waals surface area (Å²) in [6.45, 7) is 3.57. The van der Waals surface area contributed by atoms with E-state index in [4.69, 9.17) is 0 Å². The van der Waals surface area contributed by atoms with Crippen LogP contribution in [-0.2, 0) is 0 Å². The SMILES string of the molecule is Cc1cc(C(=O)C(C#N)=Cc2cccs2)c(C)n1-c1ccccc1F. The molecule has 0 amide bonds. The molecule has 5 heteroatoms. The van der Waals surface area contributed by atoms with E-state index in [1.165, 1.54) is 17.4 Å². The summed E-state index contributed by atoms with van der Waals surface area (Å²) in [7, 11) is 0. The van der Waals surface area contributed by atoms with Crippen molar-refractivity contribution in [3.63, 3.8) is 0 Å². The Labute approximate surface area is 149 Å². The average molecular weight is 350 g/mol. The van der Waals surface area contributed by atoms with Crippen LogP contribution in [0.2, 0.25) is 0 Å². The van der Waals surface area contributed by atoms with E-state index in [-0.39, 0.29) is 17.2 Å². The van der Waals surface area contributed by atoms with E-state index in [9.17, 15) is 14.4 Å². The van der Waals surface area contributed by atoms with Crippen molar-refractivity contribution in [2.75, 3.05) is 0 Å². The fourth-order valence-electron chi connectivity index (χ4n) is 2.81. The number of aromatic nitrogens is 1. The van der Waals surface area contributed by atoms with Gasteiger partial charge in [0.05, 0.1) is 5.69 Å². The molecule has 3 aromatic rings. The summed E-state index contributed by atoms with van der Waals surface area (Å²) in [5.41, 5.74) is 2.21. The van der Waals surface area contributed by atoms with E-state index in [1.54, 1.807) is 41.8 Å². The Balaban J connectivity index is 2.08. The highest BCUT2D eigenvalue weighted by Crippen LogP contribution is 2.25. The molecule has 0 atom stereocenters. The molecule has 0 aliphatic carbocycles. The molecule has 3 rings (SSSR count). The van der Waals surface area contributed by atoms with Crippen LogP contribution in [-0.4, -0.2) is 10.4 Å². The third kappa shape index (κ3) is 3.17. The number of rotatable bonds is 4. The fourth-order valence-corrected chi connectivity index (χ4v) is 3.46. The number of hydrogen-bond donors (Lipinski definition) is 0. The summed E-state index contributed by atoms with van der Waals surface area (Å²) in [4.78, 5) is 13.7. The van der Waals surface area contributed by atoms with Gasteiger partial charge in [0.1, 0.15) is 17.5 Å². The molecule has 0 bridgehead atoms. The molecule has 0 fully saturated rings. The van der Waals surface area contributed by atoms with Crippen LogP contribution in [0.1, 0.15) is 26.6 Å². The van der Waals surface area contributed by atoms with Gasteiger partial charge in [-0.2, -0.15) is 5.26 Å². The Morgan fingerprint density at radius 1 is 1.24 bits per heavy atom. The maximum absolute atomic E-state index is 14.2. The van der Waals surface area contributed by atoms with Crippen molar-refractivity contribution in [3.05, 3.63) is 81.1 Å². The molecule has 124 valence electrons. The quantitative estimate of drug-likeness (QED) is 0.374. The maximum atomic E-state index is 14.2. The zero-order valence-electron chi connectivity index (χ0n) is 13.8. The molecule has 0 saturated heterocycles. The number of benzene rings is 1. The molecule has 25 heavy (non-hydrogen) atoms. The second-order valence-corrected chi connectivity index (χ2v) is 6.57. The summed E-state index contributed by atoms with van der Waals surface area (Å²) < 4.78 is 15.9. The number of para-hydroxylation sites is 1. The zero-order valence-corrected chi connectivity index (χ0v) is 14.6. The first-order valence-electron chi connectivity index (χ1n) is 7.66. The Bertz CT molecular complexity index is 1010. The van der Waals surface area contributed by atoms with Crippen molar-refractivity contribution in [3.8, 4) is 11.8 Å². The number of thiophene rings is 1. The van der Waals surface area contributed by atoms with E-state index in [0.717, 1.165) is 10.6 Å². The number of ketones is 1. The largest absolute Gasteiger partial charge is 0.315 e. The number of halogens is 1. The van der Waals surface area contributed by atoms with Crippen molar-refractivity contribution in [1.82, 2.24) is 4.57 Å². The zero-order chi connectivity index (χ0) is 18.0. The summed E-state index contributed by atoms with van der Waals surface area (Å²) in [5.74, 6) is -0.718. The number of nitrogens with zero attached hydrogens (tertiary/aromatic N) is 2. The van der Waals surface area contributed by atoms with Crippen LogP contribution in [0.15, 0.2) is 53.4 Å². The number of aryl methyl sites for hydroxylation is 1. The maximum Gasteiger partial charge on any atom is 0.205 e. The summed E-state index contributed by atoms with van der Waals surface area (Å²) in [6.07, 6.45) is 1.59. The molecule has 0 aliphatic rings. The van der Waals surface area contributed by atoms with Crippen LogP contribution in [0.25, 0.3) is 11.8 Å². The Hall–Kier alpha value is -2.97. The van der Waals surface area contributed by atoms with Gasteiger partial charge in [0.2, 0.25) is 5.78 Å². The summed E-state index contributed by atoms with van der Waals surface area (Å²) >= 11 is 1.46. The van der Waals surface area contributed by atoms with E-state index in [2.05, 4.69) is 0 Å². The Morgan fingerprint density at radius 3 is 2.64 bits per heavy atom. The van der Waals surface area contributed by atoms with E-state index >= 15 is 0 Å². The fraction of sp³-hybridized carbons (Fsp3) is 0.100. The van der Waals surface area contributed by atoms with Gasteiger partial charge in [-0.1, -0.05) is 18.2 Å². The first kappa shape index (κ1) is 16.9. The van der Waals surface area contributed by atoms with Crippen LogP contribution >= 0.6 is 11.3 Å². The topological polar surface area (TPSA) is 45.8 Å². The molecular weight excluding hydrogens is 335 g/mol. The van der Waals surface area contributed by atoms with Crippen molar-refractivity contribution >= 4 is 23.2 Å². The minimum atomic E-state index is -0.363. The van der Waals surface area contributed by atoms with Crippen molar-refractivity contribution in [2.24, 2.45) is 0 Å². The van der Waals surface area contributed by atoms with Gasteiger partial charge in [0, 0.05) is 21.8 Å². The molecule has 2 aromatic heterocycles. The average Bonchev–Trinajstić information content (AvgIpc) is 3.21. The standard InChI is InChI=1S/C20H15FN2OS/c1-13-10-17(14(2)23(13)19-8-4-3-7-18(19)21)20(24)15(12-22)11-16-6-5-9-25-16/h3-11H,1-2H3. The highest BCUT2D eigenvalue weighted by Gasteiger charge is 2.21. The summed E-state index contributed by atoms with van der Waals surface area (Å²) in [5, 5.41) is 11.3. The smallest absolute Gasteiger partial charge is 0.205 e. The van der Waals surface area contributed by atoms with Crippen LogP contribution < -0.4 is 0 Å². The van der Waals surface area contributed by atoms with Gasteiger partial charge in [0.15, 0.2) is 0 Å². The molecule has 0 aliphatic heterocycles. The van der Waals surface area contributed by atoms with Gasteiger partial charge in [0.25, 0.3) is 0 Å². The minimum absolute atomic E-state index is 0.0660. The van der Waals surface area contributed by atoms with Crippen molar-refractivity contribution < 1.29 is 9.18 Å². The molecular formula is C20H15FN2OS. The van der Waals surface area contributed by atoms with Crippen LogP contribution in [0, 0.1) is 31.0 Å². The second kappa shape index (κ2) is 6.88. The summed E-state index contributed by atoms with van der Waals surface area (Å²) in [6, 6.07) is 13.8. The molecule has 0 N–H and O–H groups in total. The van der Waals surface area contributed by atoms with E-state index in [1.807, 2.05) is 30.5 Å². The van der Waals surface area contributed by atoms with Gasteiger partial charge in [-0.05, 0) is 49.6 Å². The molecule has 0 saturated carbocycles. The predicted molar refractivity (Wildman–Crippen MR) is 97.4 cm³/mol. The monoisotopic (exact) mass is 350 g/mol. The first-order valence-corrected chi connectivity index (χ1v) is 8.54. The van der Waals surface area contributed by atoms with E-state index in [0.29, 0.717) is 16.9 Å². The van der Waals surface area contributed by atoms with Gasteiger partial charge >= 0.3 is 0 Å². The predicted octanol–water partition coefficient (Wildman–Crippen LogP) is 5.08. The number of Topliss-reactive ketones (excluding diaryl/α,β-unsaturated/α-hetero) is 1. The highest BCUT2D eigenvalue weighted by molar-refractivity contribution is 7.10. The lowest BCUT2D eigenvalue weighted by Crippen LogP contribution is -2.06. The molecule has 0 radical (unpaired) electrons. The first-order chi connectivity index (χ1) is 12.0. The molecule has 1 aromatic carbocycles. The van der Waals surface area contributed by atoms with E-state index < -0.39 is 0 Å². The number of carbonyl (C=O) groups is 1. The molecule has 0 unspecified atom stereocenters. The van der Waals surface area contributed by atoms with Crippen LogP contribution in [0.3, 0.4) is 0 Å². The van der Waals surface area contributed by atoms with Gasteiger partial charge < -0.3 is 4.57 Å². The number of allylic oxidation sites excluding steroid dienone is 1. The van der Waals surface area contributed by atoms with Gasteiger partial charge in [-0.15, -0.1) is 11.3 Å². The highest BCUT2D eigenvalue weighted by atomic mass is 32.1. The molecule has 0 spiro atoms. The number of hydrogen-bond acceptors (Lipinski definition) is 3. The van der Waals surface area contributed by atoms with Gasteiger partial charge in [-0.25, -0.2) is 4.39 Å². The second-order valence-electron chi connectivity index (χ2n) is 5.59. The normalized spacial score (nSPS) is 11.4.